The number of oxime groups is 1. The number of likely N-dealkylation sites (tertiary alicyclic amines) is 1. The molecule has 2 bridgehead atoms. The quantitative estimate of drug-likeness (QED) is 0.582. The van der Waals surface area contributed by atoms with Gasteiger partial charge in [0, 0.05) is 22.9 Å². The molecule has 2 aliphatic heterocycles. The Kier molecular flexibility index (Phi) is 3.92. The molecule has 0 radical (unpaired) electrons. The number of carbonyl (C=O) groups excluding carboxylic acids is 2. The van der Waals surface area contributed by atoms with E-state index in [2.05, 4.69) is 11.7 Å². The zero-order valence-electron chi connectivity index (χ0n) is 17.0. The fourth-order valence-corrected chi connectivity index (χ4v) is 5.90. The van der Waals surface area contributed by atoms with Gasteiger partial charge in [-0.1, -0.05) is 17.8 Å². The van der Waals surface area contributed by atoms with Crippen molar-refractivity contribution in [1.82, 2.24) is 4.90 Å². The molecule has 5 rings (SSSR count). The van der Waals surface area contributed by atoms with Crippen LogP contribution in [0.4, 0.5) is 0 Å². The smallest absolute Gasteiger partial charge is 0.234 e. The van der Waals surface area contributed by atoms with Crippen LogP contribution in [0.2, 0.25) is 0 Å². The first kappa shape index (κ1) is 18.4. The van der Waals surface area contributed by atoms with E-state index in [1.165, 1.54) is 4.90 Å². The van der Waals surface area contributed by atoms with Gasteiger partial charge in [-0.25, -0.2) is 0 Å². The number of hydrogen-bond donors (Lipinski definition) is 0. The number of amides is 2. The van der Waals surface area contributed by atoms with Crippen molar-refractivity contribution in [1.29, 1.82) is 0 Å². The van der Waals surface area contributed by atoms with Crippen molar-refractivity contribution in [3.05, 3.63) is 42.5 Å². The zero-order valence-corrected chi connectivity index (χ0v) is 17.0. The Hall–Kier alpha value is -2.63. The van der Waals surface area contributed by atoms with Crippen molar-refractivity contribution < 1.29 is 19.2 Å². The van der Waals surface area contributed by atoms with Crippen molar-refractivity contribution in [3.63, 3.8) is 0 Å². The second-order valence-corrected chi connectivity index (χ2v) is 9.49. The highest BCUT2D eigenvalue weighted by Crippen LogP contribution is 2.62. The fraction of sp³-hybridized carbons (Fsp3) is 0.522. The Bertz CT molecular complexity index is 914. The van der Waals surface area contributed by atoms with Crippen molar-refractivity contribution in [2.45, 2.75) is 38.8 Å². The summed E-state index contributed by atoms with van der Waals surface area (Å²) in [4.78, 5) is 33.6. The van der Waals surface area contributed by atoms with Gasteiger partial charge in [-0.05, 0) is 57.4 Å². The standard InChI is InChI=1S/C23H26N2O4/c1-5-10-28-13-8-6-12(7-9-13)19-18-14-11-15(20(18)29-24-19)17-16(14)21(26)25(22(17)27)23(2,3)4/h5-9,14-18,20H,1,10-11H2,2-4H3/t14-,15+,16+,17-,18+,20+/m1/s1. The molecule has 29 heavy (non-hydrogen) atoms. The molecule has 1 saturated heterocycles. The van der Waals surface area contributed by atoms with Gasteiger partial charge in [-0.3, -0.25) is 14.5 Å². The number of ether oxygens (including phenoxy) is 1. The summed E-state index contributed by atoms with van der Waals surface area (Å²) in [5.41, 5.74) is 1.38. The third kappa shape index (κ3) is 2.51. The number of benzene rings is 1. The van der Waals surface area contributed by atoms with Gasteiger partial charge in [-0.2, -0.15) is 0 Å². The molecule has 6 heteroatoms. The van der Waals surface area contributed by atoms with Crippen LogP contribution in [-0.2, 0) is 14.4 Å². The van der Waals surface area contributed by atoms with Crippen molar-refractivity contribution in [3.8, 4) is 5.75 Å². The van der Waals surface area contributed by atoms with Crippen molar-refractivity contribution >= 4 is 17.5 Å². The first-order valence-corrected chi connectivity index (χ1v) is 10.3. The number of fused-ring (bicyclic) bond motifs is 8. The lowest BCUT2D eigenvalue weighted by Crippen LogP contribution is -2.46. The lowest BCUT2D eigenvalue weighted by Gasteiger charge is -2.31. The lowest BCUT2D eigenvalue weighted by molar-refractivity contribution is -0.146. The molecule has 2 heterocycles. The van der Waals surface area contributed by atoms with Gasteiger partial charge in [0.1, 0.15) is 18.5 Å². The largest absolute Gasteiger partial charge is 0.490 e. The molecule has 0 spiro atoms. The third-order valence-corrected chi connectivity index (χ3v) is 6.88. The summed E-state index contributed by atoms with van der Waals surface area (Å²) in [5, 5.41) is 4.39. The molecule has 2 aliphatic carbocycles. The molecule has 1 aromatic carbocycles. The third-order valence-electron chi connectivity index (χ3n) is 6.88. The molecule has 0 N–H and O–H groups in total. The first-order chi connectivity index (χ1) is 13.8. The second-order valence-electron chi connectivity index (χ2n) is 9.49. The predicted octanol–water partition coefficient (Wildman–Crippen LogP) is 3.02. The molecule has 0 aromatic heterocycles. The summed E-state index contributed by atoms with van der Waals surface area (Å²) in [7, 11) is 0. The van der Waals surface area contributed by atoms with E-state index >= 15 is 0 Å². The molecule has 3 fully saturated rings. The van der Waals surface area contributed by atoms with Crippen LogP contribution >= 0.6 is 0 Å². The Morgan fingerprint density at radius 2 is 1.79 bits per heavy atom. The molecular weight excluding hydrogens is 368 g/mol. The minimum absolute atomic E-state index is 0.0159. The van der Waals surface area contributed by atoms with E-state index in [0.717, 1.165) is 23.4 Å². The number of rotatable bonds is 4. The maximum atomic E-state index is 13.2. The van der Waals surface area contributed by atoms with Crippen LogP contribution in [0.1, 0.15) is 32.8 Å². The van der Waals surface area contributed by atoms with Crippen molar-refractivity contribution in [2.75, 3.05) is 6.61 Å². The number of imide groups is 1. The summed E-state index contributed by atoms with van der Waals surface area (Å²) in [6, 6.07) is 7.79. The van der Waals surface area contributed by atoms with E-state index in [4.69, 9.17) is 9.57 Å². The molecule has 6 nitrogen and oxygen atoms in total. The molecule has 6 atom stereocenters. The summed E-state index contributed by atoms with van der Waals surface area (Å²) in [6.07, 6.45) is 2.46. The average Bonchev–Trinajstić information content (AvgIpc) is 3.39. The summed E-state index contributed by atoms with van der Waals surface area (Å²) in [6.45, 7) is 9.88. The van der Waals surface area contributed by atoms with E-state index in [-0.39, 0.29) is 47.5 Å². The highest BCUT2D eigenvalue weighted by Gasteiger charge is 2.71. The molecule has 4 aliphatic rings. The predicted molar refractivity (Wildman–Crippen MR) is 107 cm³/mol. The van der Waals surface area contributed by atoms with Gasteiger partial charge in [0.05, 0.1) is 17.5 Å². The van der Waals surface area contributed by atoms with E-state index in [1.54, 1.807) is 6.08 Å². The number of hydrogen-bond acceptors (Lipinski definition) is 5. The van der Waals surface area contributed by atoms with Gasteiger partial charge < -0.3 is 9.57 Å². The zero-order chi connectivity index (χ0) is 20.5. The Balaban J connectivity index is 1.42. The van der Waals surface area contributed by atoms with Crippen LogP contribution in [0.3, 0.4) is 0 Å². The normalized spacial score (nSPS) is 34.7. The fourth-order valence-electron chi connectivity index (χ4n) is 5.90. The maximum absolute atomic E-state index is 13.2. The van der Waals surface area contributed by atoms with E-state index in [1.807, 2.05) is 45.0 Å². The van der Waals surface area contributed by atoms with Crippen LogP contribution in [0.15, 0.2) is 42.1 Å². The SMILES string of the molecule is C=CCOc1ccc(C2=NO[C@H]3[C@H]4C[C@@H]([C@@H]23)[C@@H]2C(=O)N(C(C)(C)C)C(=O)[C@H]42)cc1. The molecule has 152 valence electrons. The Labute approximate surface area is 170 Å². The highest BCUT2D eigenvalue weighted by atomic mass is 16.6. The minimum atomic E-state index is -0.494. The Morgan fingerprint density at radius 3 is 2.41 bits per heavy atom. The van der Waals surface area contributed by atoms with Gasteiger partial charge in [0.2, 0.25) is 11.8 Å². The molecule has 0 unspecified atom stereocenters. The summed E-state index contributed by atoms with van der Waals surface area (Å²) < 4.78 is 5.56. The van der Waals surface area contributed by atoms with E-state index in [9.17, 15) is 9.59 Å². The van der Waals surface area contributed by atoms with Crippen LogP contribution in [0.5, 0.6) is 5.75 Å². The number of carbonyl (C=O) groups is 2. The first-order valence-electron chi connectivity index (χ1n) is 10.3. The average molecular weight is 394 g/mol. The van der Waals surface area contributed by atoms with E-state index < -0.39 is 5.54 Å². The van der Waals surface area contributed by atoms with Gasteiger partial charge in [0.15, 0.2) is 0 Å². The molecule has 2 amide bonds. The Morgan fingerprint density at radius 1 is 1.14 bits per heavy atom. The van der Waals surface area contributed by atoms with Crippen LogP contribution in [0.25, 0.3) is 0 Å². The van der Waals surface area contributed by atoms with Crippen LogP contribution in [0, 0.1) is 29.6 Å². The van der Waals surface area contributed by atoms with Crippen molar-refractivity contribution in [2.24, 2.45) is 34.7 Å². The second kappa shape index (κ2) is 6.18. The summed E-state index contributed by atoms with van der Waals surface area (Å²) >= 11 is 0. The summed E-state index contributed by atoms with van der Waals surface area (Å²) in [5.74, 6) is 0.476. The number of nitrogens with zero attached hydrogens (tertiary/aromatic N) is 2. The van der Waals surface area contributed by atoms with Crippen LogP contribution in [-0.4, -0.2) is 40.7 Å². The molecule has 2 saturated carbocycles. The van der Waals surface area contributed by atoms with Gasteiger partial charge >= 0.3 is 0 Å². The van der Waals surface area contributed by atoms with E-state index in [0.29, 0.717) is 6.61 Å². The van der Waals surface area contributed by atoms with Gasteiger partial charge in [0.25, 0.3) is 0 Å². The lowest BCUT2D eigenvalue weighted by atomic mass is 9.71. The highest BCUT2D eigenvalue weighted by molar-refractivity contribution is 6.09. The molecular formula is C23H26N2O4. The minimum Gasteiger partial charge on any atom is -0.490 e. The monoisotopic (exact) mass is 394 g/mol. The maximum Gasteiger partial charge on any atom is 0.234 e. The van der Waals surface area contributed by atoms with Crippen LogP contribution < -0.4 is 4.74 Å². The molecule has 1 aromatic rings. The van der Waals surface area contributed by atoms with Gasteiger partial charge in [-0.15, -0.1) is 0 Å². The topological polar surface area (TPSA) is 68.2 Å².